The summed E-state index contributed by atoms with van der Waals surface area (Å²) in [6.07, 6.45) is 22.0. The third-order valence-corrected chi connectivity index (χ3v) is 5.93. The normalized spacial score (nSPS) is 18.4. The molecule has 26 heavy (non-hydrogen) atoms. The van der Waals surface area contributed by atoms with Gasteiger partial charge in [-0.05, 0) is 71.1 Å². The molecule has 0 nitrogen and oxygen atoms in total. The molecule has 0 saturated carbocycles. The largest absolute Gasteiger partial charge is 0.0882 e. The lowest BCUT2D eigenvalue weighted by Gasteiger charge is -2.21. The molecule has 0 N–H and O–H groups in total. The van der Waals surface area contributed by atoms with Crippen LogP contribution in [0.4, 0.5) is 0 Å². The average Bonchev–Trinajstić information content (AvgIpc) is 3.28. The monoisotopic (exact) mass is 336 g/mol. The van der Waals surface area contributed by atoms with Crippen molar-refractivity contribution in [1.82, 2.24) is 0 Å². The molecular weight excluding hydrogens is 312 g/mol. The summed E-state index contributed by atoms with van der Waals surface area (Å²) in [6.45, 7) is 0. The van der Waals surface area contributed by atoms with Crippen molar-refractivity contribution in [2.24, 2.45) is 0 Å². The number of hydrogen-bond donors (Lipinski definition) is 0. The van der Waals surface area contributed by atoms with E-state index in [0.717, 1.165) is 25.7 Å². The van der Waals surface area contributed by atoms with Crippen molar-refractivity contribution in [3.05, 3.63) is 101 Å². The Bertz CT molecular complexity index is 954. The van der Waals surface area contributed by atoms with Crippen molar-refractivity contribution in [3.63, 3.8) is 0 Å². The highest BCUT2D eigenvalue weighted by Gasteiger charge is 2.26. The van der Waals surface area contributed by atoms with Crippen LogP contribution in [-0.4, -0.2) is 0 Å². The van der Waals surface area contributed by atoms with Gasteiger partial charge in [0.2, 0.25) is 0 Å². The Labute approximate surface area is 156 Å². The predicted octanol–water partition coefficient (Wildman–Crippen LogP) is 6.98. The SMILES string of the molecule is C1=CC(c2c(C3=CCCC=CCC3)ccc3c2Cc2ccccc2-3)C=C1. The molecule has 0 spiro atoms. The highest BCUT2D eigenvalue weighted by molar-refractivity contribution is 5.83. The summed E-state index contributed by atoms with van der Waals surface area (Å²) < 4.78 is 0. The maximum absolute atomic E-state index is 2.49. The molecule has 3 aliphatic rings. The summed E-state index contributed by atoms with van der Waals surface area (Å²) in [5, 5.41) is 0. The van der Waals surface area contributed by atoms with E-state index in [1.54, 1.807) is 11.1 Å². The summed E-state index contributed by atoms with van der Waals surface area (Å²) in [5.74, 6) is 0.413. The van der Waals surface area contributed by atoms with Crippen molar-refractivity contribution >= 4 is 5.57 Å². The van der Waals surface area contributed by atoms with E-state index in [9.17, 15) is 0 Å². The first-order valence-corrected chi connectivity index (χ1v) is 9.85. The van der Waals surface area contributed by atoms with E-state index in [2.05, 4.69) is 78.9 Å². The van der Waals surface area contributed by atoms with Gasteiger partial charge in [-0.3, -0.25) is 0 Å². The third-order valence-electron chi connectivity index (χ3n) is 5.93. The average molecular weight is 336 g/mol. The lowest BCUT2D eigenvalue weighted by atomic mass is 9.83. The second-order valence-corrected chi connectivity index (χ2v) is 7.50. The predicted molar refractivity (Wildman–Crippen MR) is 111 cm³/mol. The molecule has 0 aliphatic heterocycles. The number of allylic oxidation sites excluding steroid dienone is 8. The molecule has 0 radical (unpaired) electrons. The summed E-state index contributed by atoms with van der Waals surface area (Å²) in [5.41, 5.74) is 10.4. The molecule has 3 aliphatic carbocycles. The quantitative estimate of drug-likeness (QED) is 0.443. The number of rotatable bonds is 2. The smallest absolute Gasteiger partial charge is 0.0213 e. The van der Waals surface area contributed by atoms with Crippen LogP contribution in [-0.2, 0) is 6.42 Å². The fourth-order valence-electron chi connectivity index (χ4n) is 4.70. The summed E-state index contributed by atoms with van der Waals surface area (Å²) in [4.78, 5) is 0. The number of fused-ring (bicyclic) bond motifs is 3. The van der Waals surface area contributed by atoms with Crippen molar-refractivity contribution in [2.45, 2.75) is 38.0 Å². The molecule has 5 rings (SSSR count). The Morgan fingerprint density at radius 1 is 0.731 bits per heavy atom. The van der Waals surface area contributed by atoms with E-state index in [4.69, 9.17) is 0 Å². The molecular formula is C26H24. The van der Waals surface area contributed by atoms with E-state index < -0.39 is 0 Å². The molecule has 0 saturated heterocycles. The Kier molecular flexibility index (Phi) is 3.97. The minimum Gasteiger partial charge on any atom is -0.0882 e. The van der Waals surface area contributed by atoms with Gasteiger partial charge in [0.25, 0.3) is 0 Å². The van der Waals surface area contributed by atoms with Gasteiger partial charge in [0.1, 0.15) is 0 Å². The molecule has 0 aromatic heterocycles. The van der Waals surface area contributed by atoms with Crippen LogP contribution in [0.25, 0.3) is 16.7 Å². The Morgan fingerprint density at radius 2 is 1.54 bits per heavy atom. The van der Waals surface area contributed by atoms with Gasteiger partial charge in [-0.1, -0.05) is 78.9 Å². The maximum Gasteiger partial charge on any atom is 0.0213 e. The van der Waals surface area contributed by atoms with Crippen LogP contribution in [0.15, 0.2) is 78.9 Å². The molecule has 0 unspecified atom stereocenters. The molecule has 0 heterocycles. The van der Waals surface area contributed by atoms with Crippen LogP contribution in [0.1, 0.15) is 53.9 Å². The zero-order valence-electron chi connectivity index (χ0n) is 15.1. The third kappa shape index (κ3) is 2.61. The van der Waals surface area contributed by atoms with Crippen LogP contribution < -0.4 is 0 Å². The Morgan fingerprint density at radius 3 is 2.46 bits per heavy atom. The van der Waals surface area contributed by atoms with Crippen molar-refractivity contribution in [1.29, 1.82) is 0 Å². The molecule has 0 bridgehead atoms. The topological polar surface area (TPSA) is 0 Å². The zero-order valence-corrected chi connectivity index (χ0v) is 15.1. The second-order valence-electron chi connectivity index (χ2n) is 7.50. The summed E-state index contributed by atoms with van der Waals surface area (Å²) in [6, 6.07) is 13.7. The second kappa shape index (κ2) is 6.61. The van der Waals surface area contributed by atoms with Gasteiger partial charge in [-0.15, -0.1) is 0 Å². The van der Waals surface area contributed by atoms with E-state index in [0.29, 0.717) is 5.92 Å². The molecule has 128 valence electrons. The van der Waals surface area contributed by atoms with Gasteiger partial charge in [-0.25, -0.2) is 0 Å². The first-order valence-electron chi connectivity index (χ1n) is 9.85. The zero-order chi connectivity index (χ0) is 17.3. The van der Waals surface area contributed by atoms with Crippen LogP contribution in [0, 0.1) is 0 Å². The van der Waals surface area contributed by atoms with Gasteiger partial charge in [-0.2, -0.15) is 0 Å². The van der Waals surface area contributed by atoms with E-state index in [1.807, 2.05) is 0 Å². The first-order chi connectivity index (χ1) is 12.9. The van der Waals surface area contributed by atoms with Crippen LogP contribution in [0.2, 0.25) is 0 Å². The lowest BCUT2D eigenvalue weighted by molar-refractivity contribution is 0.964. The Hall–Kier alpha value is -2.60. The van der Waals surface area contributed by atoms with Crippen molar-refractivity contribution < 1.29 is 0 Å². The molecule has 0 atom stereocenters. The maximum atomic E-state index is 2.49. The van der Waals surface area contributed by atoms with E-state index in [1.165, 1.54) is 34.2 Å². The van der Waals surface area contributed by atoms with Crippen LogP contribution >= 0.6 is 0 Å². The molecule has 2 aromatic rings. The summed E-state index contributed by atoms with van der Waals surface area (Å²) in [7, 11) is 0. The Balaban J connectivity index is 1.68. The standard InChI is InChI=1S/C26H24/c1-2-4-10-19(11-5-3-1)23-16-17-24-22-15-9-8-14-21(22)18-25(24)26(23)20-12-6-7-13-20/h1-2,6-9,11-17,20H,3-5,10,18H2. The summed E-state index contributed by atoms with van der Waals surface area (Å²) >= 11 is 0. The molecule has 0 heteroatoms. The van der Waals surface area contributed by atoms with E-state index in [-0.39, 0.29) is 0 Å². The minimum absolute atomic E-state index is 0.413. The highest BCUT2D eigenvalue weighted by Crippen LogP contribution is 2.45. The molecule has 2 aromatic carbocycles. The van der Waals surface area contributed by atoms with Gasteiger partial charge in [0, 0.05) is 5.92 Å². The van der Waals surface area contributed by atoms with Crippen LogP contribution in [0.3, 0.4) is 0 Å². The molecule has 0 amide bonds. The van der Waals surface area contributed by atoms with Gasteiger partial charge in [0.15, 0.2) is 0 Å². The number of benzene rings is 2. The van der Waals surface area contributed by atoms with Crippen molar-refractivity contribution in [2.75, 3.05) is 0 Å². The van der Waals surface area contributed by atoms with E-state index >= 15 is 0 Å². The minimum atomic E-state index is 0.413. The number of hydrogen-bond acceptors (Lipinski definition) is 0. The molecule has 0 fully saturated rings. The fourth-order valence-corrected chi connectivity index (χ4v) is 4.70. The van der Waals surface area contributed by atoms with Crippen LogP contribution in [0.5, 0.6) is 0 Å². The van der Waals surface area contributed by atoms with Gasteiger partial charge < -0.3 is 0 Å². The first kappa shape index (κ1) is 15.6. The lowest BCUT2D eigenvalue weighted by Crippen LogP contribution is -2.03. The highest BCUT2D eigenvalue weighted by atomic mass is 14.3. The van der Waals surface area contributed by atoms with Gasteiger partial charge >= 0.3 is 0 Å². The van der Waals surface area contributed by atoms with Crippen molar-refractivity contribution in [3.8, 4) is 11.1 Å². The van der Waals surface area contributed by atoms with Gasteiger partial charge in [0.05, 0.1) is 0 Å². The fraction of sp³-hybridized carbons (Fsp3) is 0.231.